The number of imidazole rings is 1. The number of aliphatic carboxylic acids is 1. The summed E-state index contributed by atoms with van der Waals surface area (Å²) in [6.07, 6.45) is 8.23. The number of carbonyl (C=O) groups is 1. The molecule has 1 saturated heterocycles. The summed E-state index contributed by atoms with van der Waals surface area (Å²) in [5.74, 6) is 0.232. The average molecular weight is 277 g/mol. The van der Waals surface area contributed by atoms with Crippen LogP contribution in [0, 0.1) is 5.92 Å². The van der Waals surface area contributed by atoms with Gasteiger partial charge >= 0.3 is 5.97 Å². The molecule has 110 valence electrons. The number of carboxylic acids is 1. The van der Waals surface area contributed by atoms with E-state index >= 15 is 0 Å². The van der Waals surface area contributed by atoms with Crippen LogP contribution in [0.3, 0.4) is 0 Å². The highest BCUT2D eigenvalue weighted by atomic mass is 16.4. The third-order valence-electron chi connectivity index (χ3n) is 4.63. The second-order valence-corrected chi connectivity index (χ2v) is 6.00. The monoisotopic (exact) mass is 277 g/mol. The van der Waals surface area contributed by atoms with Gasteiger partial charge in [-0.3, -0.25) is 4.79 Å². The minimum Gasteiger partial charge on any atom is -0.481 e. The van der Waals surface area contributed by atoms with Gasteiger partial charge in [0.1, 0.15) is 5.82 Å². The van der Waals surface area contributed by atoms with Gasteiger partial charge in [-0.05, 0) is 32.4 Å². The smallest absolute Gasteiger partial charge is 0.306 e. The number of likely N-dealkylation sites (tertiary alicyclic amines) is 1. The summed E-state index contributed by atoms with van der Waals surface area (Å²) in [4.78, 5) is 18.1. The zero-order valence-electron chi connectivity index (χ0n) is 11.9. The lowest BCUT2D eigenvalue weighted by molar-refractivity contribution is -0.142. The van der Waals surface area contributed by atoms with Crippen molar-refractivity contribution < 1.29 is 9.90 Å². The summed E-state index contributed by atoms with van der Waals surface area (Å²) in [5.41, 5.74) is 1.09. The average Bonchev–Trinajstić information content (AvgIpc) is 2.88. The molecule has 1 aromatic heterocycles. The van der Waals surface area contributed by atoms with Gasteiger partial charge in [0.05, 0.1) is 5.92 Å². The molecule has 2 aliphatic rings. The SMILES string of the molecule is O=C(O)C1CCn2c(cnc2CCN2CCCCC2)C1. The highest BCUT2D eigenvalue weighted by molar-refractivity contribution is 5.70. The molecule has 1 aromatic rings. The van der Waals surface area contributed by atoms with Gasteiger partial charge in [-0.2, -0.15) is 0 Å². The van der Waals surface area contributed by atoms with E-state index in [2.05, 4.69) is 14.5 Å². The molecule has 1 N–H and O–H groups in total. The van der Waals surface area contributed by atoms with Crippen molar-refractivity contribution in [1.82, 2.24) is 14.5 Å². The molecule has 2 aliphatic heterocycles. The molecular formula is C15H23N3O2. The van der Waals surface area contributed by atoms with Gasteiger partial charge in [-0.25, -0.2) is 4.98 Å². The van der Waals surface area contributed by atoms with E-state index in [1.807, 2.05) is 6.20 Å². The second-order valence-electron chi connectivity index (χ2n) is 6.00. The Bertz CT molecular complexity index is 477. The molecule has 0 amide bonds. The van der Waals surface area contributed by atoms with E-state index in [1.54, 1.807) is 0 Å². The molecule has 0 spiro atoms. The molecule has 1 atom stereocenters. The highest BCUT2D eigenvalue weighted by Crippen LogP contribution is 2.22. The lowest BCUT2D eigenvalue weighted by atomic mass is 9.96. The van der Waals surface area contributed by atoms with Crippen LogP contribution in [0.15, 0.2) is 6.20 Å². The molecule has 5 heteroatoms. The second kappa shape index (κ2) is 5.95. The Labute approximate surface area is 119 Å². The Balaban J connectivity index is 1.60. The van der Waals surface area contributed by atoms with E-state index in [9.17, 15) is 4.79 Å². The molecule has 0 bridgehead atoms. The number of hydrogen-bond donors (Lipinski definition) is 1. The summed E-state index contributed by atoms with van der Waals surface area (Å²) in [6.45, 7) is 4.32. The fraction of sp³-hybridized carbons (Fsp3) is 0.733. The minimum absolute atomic E-state index is 0.228. The first-order valence-electron chi connectivity index (χ1n) is 7.72. The van der Waals surface area contributed by atoms with Crippen LogP contribution in [-0.2, 0) is 24.2 Å². The summed E-state index contributed by atoms with van der Waals surface area (Å²) < 4.78 is 2.24. The summed E-state index contributed by atoms with van der Waals surface area (Å²) >= 11 is 0. The van der Waals surface area contributed by atoms with Crippen molar-refractivity contribution in [1.29, 1.82) is 0 Å². The van der Waals surface area contributed by atoms with Crippen LogP contribution in [-0.4, -0.2) is 45.2 Å². The van der Waals surface area contributed by atoms with Gasteiger partial charge in [0.2, 0.25) is 0 Å². The van der Waals surface area contributed by atoms with E-state index in [1.165, 1.54) is 32.4 Å². The first kappa shape index (κ1) is 13.6. The summed E-state index contributed by atoms with van der Waals surface area (Å²) in [5, 5.41) is 9.11. The van der Waals surface area contributed by atoms with Crippen molar-refractivity contribution in [2.24, 2.45) is 5.92 Å². The third kappa shape index (κ3) is 2.87. The van der Waals surface area contributed by atoms with E-state index in [4.69, 9.17) is 5.11 Å². The summed E-state index contributed by atoms with van der Waals surface area (Å²) in [7, 11) is 0. The van der Waals surface area contributed by atoms with Crippen LogP contribution in [0.25, 0.3) is 0 Å². The predicted octanol–water partition coefficient (Wildman–Crippen LogP) is 1.56. The van der Waals surface area contributed by atoms with Crippen molar-refractivity contribution in [2.75, 3.05) is 19.6 Å². The molecule has 1 unspecified atom stereocenters. The van der Waals surface area contributed by atoms with Crippen molar-refractivity contribution in [3.63, 3.8) is 0 Å². The normalized spacial score (nSPS) is 23.5. The molecule has 0 aromatic carbocycles. The van der Waals surface area contributed by atoms with Crippen LogP contribution in [0.2, 0.25) is 0 Å². The number of aromatic nitrogens is 2. The first-order chi connectivity index (χ1) is 9.74. The van der Waals surface area contributed by atoms with Gasteiger partial charge in [-0.1, -0.05) is 6.42 Å². The highest BCUT2D eigenvalue weighted by Gasteiger charge is 2.26. The van der Waals surface area contributed by atoms with Crippen LogP contribution in [0.4, 0.5) is 0 Å². The van der Waals surface area contributed by atoms with Crippen LogP contribution < -0.4 is 0 Å². The van der Waals surface area contributed by atoms with Crippen LogP contribution >= 0.6 is 0 Å². The van der Waals surface area contributed by atoms with Gasteiger partial charge in [0.25, 0.3) is 0 Å². The van der Waals surface area contributed by atoms with E-state index in [0.717, 1.165) is 37.4 Å². The Morgan fingerprint density at radius 2 is 2.10 bits per heavy atom. The molecule has 20 heavy (non-hydrogen) atoms. The maximum Gasteiger partial charge on any atom is 0.306 e. The van der Waals surface area contributed by atoms with Gasteiger partial charge in [-0.15, -0.1) is 0 Å². The number of rotatable bonds is 4. The van der Waals surface area contributed by atoms with Crippen molar-refractivity contribution >= 4 is 5.97 Å². The quantitative estimate of drug-likeness (QED) is 0.907. The van der Waals surface area contributed by atoms with Crippen LogP contribution in [0.1, 0.15) is 37.2 Å². The predicted molar refractivity (Wildman–Crippen MR) is 75.7 cm³/mol. The van der Waals surface area contributed by atoms with Crippen molar-refractivity contribution in [3.05, 3.63) is 17.7 Å². The lowest BCUT2D eigenvalue weighted by Crippen LogP contribution is -2.32. The topological polar surface area (TPSA) is 58.4 Å². The molecule has 3 heterocycles. The molecule has 0 aliphatic carbocycles. The number of piperidine rings is 1. The largest absolute Gasteiger partial charge is 0.481 e. The minimum atomic E-state index is -0.674. The Kier molecular flexibility index (Phi) is 4.05. The first-order valence-corrected chi connectivity index (χ1v) is 7.72. The van der Waals surface area contributed by atoms with E-state index < -0.39 is 5.97 Å². The van der Waals surface area contributed by atoms with Gasteiger partial charge < -0.3 is 14.6 Å². The number of hydrogen-bond acceptors (Lipinski definition) is 3. The van der Waals surface area contributed by atoms with Gasteiger partial charge in [0.15, 0.2) is 0 Å². The van der Waals surface area contributed by atoms with Gasteiger partial charge in [0, 0.05) is 37.8 Å². The number of fused-ring (bicyclic) bond motifs is 1. The fourth-order valence-corrected chi connectivity index (χ4v) is 3.38. The Morgan fingerprint density at radius 3 is 2.85 bits per heavy atom. The molecule has 0 radical (unpaired) electrons. The molecular weight excluding hydrogens is 254 g/mol. The molecule has 3 rings (SSSR count). The maximum absolute atomic E-state index is 11.1. The Hall–Kier alpha value is -1.36. The van der Waals surface area contributed by atoms with Crippen molar-refractivity contribution in [2.45, 2.75) is 45.1 Å². The third-order valence-corrected chi connectivity index (χ3v) is 4.63. The summed E-state index contributed by atoms with van der Waals surface area (Å²) in [6, 6.07) is 0. The maximum atomic E-state index is 11.1. The number of nitrogens with zero attached hydrogens (tertiary/aromatic N) is 3. The number of carboxylic acid groups (broad SMARTS) is 1. The fourth-order valence-electron chi connectivity index (χ4n) is 3.38. The lowest BCUT2D eigenvalue weighted by Gasteiger charge is -2.27. The zero-order valence-corrected chi connectivity index (χ0v) is 11.9. The zero-order chi connectivity index (χ0) is 13.9. The molecule has 5 nitrogen and oxygen atoms in total. The van der Waals surface area contributed by atoms with Crippen molar-refractivity contribution in [3.8, 4) is 0 Å². The van der Waals surface area contributed by atoms with E-state index in [-0.39, 0.29) is 5.92 Å². The van der Waals surface area contributed by atoms with E-state index in [0.29, 0.717) is 6.42 Å². The molecule has 1 fully saturated rings. The van der Waals surface area contributed by atoms with Crippen LogP contribution in [0.5, 0.6) is 0 Å². The molecule has 0 saturated carbocycles. The standard InChI is InChI=1S/C15H23N3O2/c19-15(20)12-4-9-18-13(10-12)11-16-14(18)5-8-17-6-2-1-3-7-17/h11-12H,1-10H2,(H,19,20). The Morgan fingerprint density at radius 1 is 1.30 bits per heavy atom.